The van der Waals surface area contributed by atoms with Gasteiger partial charge >= 0.3 is 0 Å². The predicted octanol–water partition coefficient (Wildman–Crippen LogP) is 0.167. The van der Waals surface area contributed by atoms with Crippen LogP contribution < -0.4 is 5.32 Å². The Labute approximate surface area is 93.9 Å². The number of nitrogens with one attached hydrogen (secondary N) is 1. The van der Waals surface area contributed by atoms with Crippen molar-refractivity contribution >= 4 is 16.7 Å². The van der Waals surface area contributed by atoms with E-state index in [9.17, 15) is 9.00 Å². The summed E-state index contributed by atoms with van der Waals surface area (Å²) >= 11 is 0. The molecule has 88 valence electrons. The highest BCUT2D eigenvalue weighted by molar-refractivity contribution is 7.84. The third kappa shape index (κ3) is 3.01. The van der Waals surface area contributed by atoms with Crippen LogP contribution in [0, 0.1) is 5.92 Å². The Balaban J connectivity index is 2.53. The van der Waals surface area contributed by atoms with Gasteiger partial charge in [-0.2, -0.15) is 0 Å². The van der Waals surface area contributed by atoms with E-state index in [0.717, 1.165) is 0 Å². The Bertz CT molecular complexity index is 268. The van der Waals surface area contributed by atoms with Gasteiger partial charge < -0.3 is 4.90 Å². The Hall–Kier alpha value is -0.420. The first kappa shape index (κ1) is 12.6. The van der Waals surface area contributed by atoms with Gasteiger partial charge in [-0.05, 0) is 12.8 Å². The van der Waals surface area contributed by atoms with E-state index in [2.05, 4.69) is 5.32 Å². The number of rotatable bonds is 4. The maximum atomic E-state index is 11.9. The van der Waals surface area contributed by atoms with Crippen molar-refractivity contribution < 1.29 is 9.00 Å². The van der Waals surface area contributed by atoms with Gasteiger partial charge in [0.2, 0.25) is 5.91 Å². The molecule has 0 saturated carbocycles. The van der Waals surface area contributed by atoms with Gasteiger partial charge in [-0.25, -0.2) is 0 Å². The average molecular weight is 232 g/mol. The molecule has 0 aliphatic carbocycles. The third-order valence-electron chi connectivity index (χ3n) is 2.79. The molecule has 1 aliphatic rings. The van der Waals surface area contributed by atoms with Crippen LogP contribution in [0.4, 0.5) is 0 Å². The van der Waals surface area contributed by atoms with E-state index in [1.807, 2.05) is 20.8 Å². The normalized spacial score (nSPS) is 26.1. The van der Waals surface area contributed by atoms with Crippen LogP contribution in [0.25, 0.3) is 0 Å². The van der Waals surface area contributed by atoms with Crippen molar-refractivity contribution in [2.24, 2.45) is 5.92 Å². The molecule has 0 aromatic heterocycles. The molecule has 0 aromatic carbocycles. The molecule has 0 bridgehead atoms. The lowest BCUT2D eigenvalue weighted by Crippen LogP contribution is -2.38. The van der Waals surface area contributed by atoms with Crippen LogP contribution in [-0.2, 0) is 15.6 Å². The van der Waals surface area contributed by atoms with Crippen LogP contribution in [0.5, 0.6) is 0 Å². The van der Waals surface area contributed by atoms with Gasteiger partial charge in [0.1, 0.15) is 0 Å². The monoisotopic (exact) mass is 232 g/mol. The molecule has 1 heterocycles. The summed E-state index contributed by atoms with van der Waals surface area (Å²) in [5, 5.41) is 3.22. The summed E-state index contributed by atoms with van der Waals surface area (Å²) in [4.78, 5) is 13.6. The summed E-state index contributed by atoms with van der Waals surface area (Å²) in [5.41, 5.74) is 0. The van der Waals surface area contributed by atoms with E-state index in [4.69, 9.17) is 0 Å². The van der Waals surface area contributed by atoms with Crippen LogP contribution >= 0.6 is 0 Å². The number of hydrogen-bond donors (Lipinski definition) is 1. The molecule has 1 aliphatic heterocycles. The maximum Gasteiger partial charge on any atom is 0.241 e. The molecule has 1 N–H and O–H groups in total. The standard InChI is InChI=1S/C10H20N2O2S/c1-7(2)9-10(13)12(6-11-9)5-8(3)15(4)14/h7-9,11H,5-6H2,1-4H3. The summed E-state index contributed by atoms with van der Waals surface area (Å²) in [6.45, 7) is 7.13. The Morgan fingerprint density at radius 2 is 2.13 bits per heavy atom. The summed E-state index contributed by atoms with van der Waals surface area (Å²) in [6, 6.07) is -0.0671. The Morgan fingerprint density at radius 3 is 2.53 bits per heavy atom. The zero-order chi connectivity index (χ0) is 11.6. The van der Waals surface area contributed by atoms with Crippen molar-refractivity contribution in [2.75, 3.05) is 19.5 Å². The van der Waals surface area contributed by atoms with Gasteiger partial charge in [0, 0.05) is 28.9 Å². The first-order chi connectivity index (χ1) is 6.93. The van der Waals surface area contributed by atoms with Crippen molar-refractivity contribution in [3.8, 4) is 0 Å². The molecule has 0 spiro atoms. The van der Waals surface area contributed by atoms with Gasteiger partial charge in [-0.15, -0.1) is 0 Å². The molecule has 5 heteroatoms. The van der Waals surface area contributed by atoms with E-state index in [-0.39, 0.29) is 17.2 Å². The van der Waals surface area contributed by atoms with Gasteiger partial charge in [-0.3, -0.25) is 14.3 Å². The number of amides is 1. The highest BCUT2D eigenvalue weighted by atomic mass is 32.2. The lowest BCUT2D eigenvalue weighted by molar-refractivity contribution is -0.129. The summed E-state index contributed by atoms with van der Waals surface area (Å²) < 4.78 is 11.2. The van der Waals surface area contributed by atoms with E-state index >= 15 is 0 Å². The fraction of sp³-hybridized carbons (Fsp3) is 0.900. The molecular weight excluding hydrogens is 212 g/mol. The van der Waals surface area contributed by atoms with Crippen LogP contribution in [-0.4, -0.2) is 45.8 Å². The minimum absolute atomic E-state index is 0.0432. The fourth-order valence-corrected chi connectivity index (χ4v) is 2.05. The SMILES string of the molecule is CC(C)C1NCN(CC(C)S(C)=O)C1=O. The van der Waals surface area contributed by atoms with Gasteiger partial charge in [0.15, 0.2) is 0 Å². The molecule has 0 radical (unpaired) electrons. The first-order valence-corrected chi connectivity index (χ1v) is 6.90. The minimum atomic E-state index is -0.865. The van der Waals surface area contributed by atoms with E-state index in [0.29, 0.717) is 19.1 Å². The summed E-state index contributed by atoms with van der Waals surface area (Å²) in [7, 11) is -0.865. The van der Waals surface area contributed by atoms with Crippen LogP contribution in [0.2, 0.25) is 0 Å². The third-order valence-corrected chi connectivity index (χ3v) is 4.07. The quantitative estimate of drug-likeness (QED) is 0.751. The molecule has 15 heavy (non-hydrogen) atoms. The van der Waals surface area contributed by atoms with Crippen LogP contribution in [0.1, 0.15) is 20.8 Å². The zero-order valence-electron chi connectivity index (χ0n) is 9.82. The number of carbonyl (C=O) groups is 1. The molecule has 1 saturated heterocycles. The van der Waals surface area contributed by atoms with Crippen molar-refractivity contribution in [1.29, 1.82) is 0 Å². The Kier molecular flexibility index (Phi) is 4.28. The second-order valence-corrected chi connectivity index (χ2v) is 6.26. The molecule has 1 amide bonds. The summed E-state index contributed by atoms with van der Waals surface area (Å²) in [6.07, 6.45) is 1.68. The first-order valence-electron chi connectivity index (χ1n) is 5.28. The van der Waals surface area contributed by atoms with Crippen LogP contribution in [0.3, 0.4) is 0 Å². The lowest BCUT2D eigenvalue weighted by atomic mass is 10.1. The van der Waals surface area contributed by atoms with Crippen molar-refractivity contribution in [1.82, 2.24) is 10.2 Å². The molecule has 3 atom stereocenters. The predicted molar refractivity (Wildman–Crippen MR) is 61.9 cm³/mol. The molecule has 4 nitrogen and oxygen atoms in total. The lowest BCUT2D eigenvalue weighted by Gasteiger charge is -2.19. The minimum Gasteiger partial charge on any atom is -0.327 e. The maximum absolute atomic E-state index is 11.9. The summed E-state index contributed by atoms with van der Waals surface area (Å²) in [5.74, 6) is 0.451. The van der Waals surface area contributed by atoms with Crippen molar-refractivity contribution in [3.63, 3.8) is 0 Å². The molecule has 1 rings (SSSR count). The number of carbonyl (C=O) groups excluding carboxylic acids is 1. The largest absolute Gasteiger partial charge is 0.327 e. The van der Waals surface area contributed by atoms with Gasteiger partial charge in [0.05, 0.1) is 12.7 Å². The zero-order valence-corrected chi connectivity index (χ0v) is 10.6. The second-order valence-electron chi connectivity index (χ2n) is 4.45. The average Bonchev–Trinajstić information content (AvgIpc) is 2.48. The number of nitrogens with zero attached hydrogens (tertiary/aromatic N) is 1. The van der Waals surface area contributed by atoms with Gasteiger partial charge in [-0.1, -0.05) is 13.8 Å². The highest BCUT2D eigenvalue weighted by Crippen LogP contribution is 2.12. The fourth-order valence-electron chi connectivity index (χ4n) is 1.66. The molecule has 0 aromatic rings. The second kappa shape index (κ2) is 5.07. The highest BCUT2D eigenvalue weighted by Gasteiger charge is 2.33. The van der Waals surface area contributed by atoms with E-state index < -0.39 is 10.8 Å². The van der Waals surface area contributed by atoms with E-state index in [1.165, 1.54) is 0 Å². The van der Waals surface area contributed by atoms with Crippen molar-refractivity contribution in [3.05, 3.63) is 0 Å². The smallest absolute Gasteiger partial charge is 0.241 e. The molecule has 1 fully saturated rings. The Morgan fingerprint density at radius 1 is 1.53 bits per heavy atom. The van der Waals surface area contributed by atoms with E-state index in [1.54, 1.807) is 11.2 Å². The van der Waals surface area contributed by atoms with Crippen LogP contribution in [0.15, 0.2) is 0 Å². The number of hydrogen-bond acceptors (Lipinski definition) is 3. The molecule has 3 unspecified atom stereocenters. The topological polar surface area (TPSA) is 49.4 Å². The van der Waals surface area contributed by atoms with Gasteiger partial charge in [0.25, 0.3) is 0 Å². The van der Waals surface area contributed by atoms with Crippen molar-refractivity contribution in [2.45, 2.75) is 32.1 Å². The molecular formula is C10H20N2O2S.